The van der Waals surface area contributed by atoms with Gasteiger partial charge in [-0.3, -0.25) is 9.69 Å². The number of aliphatic hydroxyl groups excluding tert-OH is 1. The third-order valence-electron chi connectivity index (χ3n) is 4.00. The van der Waals surface area contributed by atoms with Crippen LogP contribution in [0, 0.1) is 0 Å². The van der Waals surface area contributed by atoms with Crippen LogP contribution in [-0.4, -0.2) is 50.5 Å². The van der Waals surface area contributed by atoms with E-state index < -0.39 is 12.0 Å². The van der Waals surface area contributed by atoms with Crippen LogP contribution < -0.4 is 5.73 Å². The average Bonchev–Trinajstić information content (AvgIpc) is 3.16. The minimum Gasteiger partial charge on any atom is -0.387 e. The van der Waals surface area contributed by atoms with Crippen LogP contribution in [0.25, 0.3) is 0 Å². The molecule has 0 saturated carbocycles. The van der Waals surface area contributed by atoms with E-state index in [1.54, 1.807) is 10.9 Å². The molecule has 3 rings (SSSR count). The molecular formula is C15H19N5O2. The molecule has 1 fully saturated rings. The highest BCUT2D eigenvalue weighted by atomic mass is 16.3. The molecule has 2 heterocycles. The van der Waals surface area contributed by atoms with Gasteiger partial charge in [0, 0.05) is 19.6 Å². The van der Waals surface area contributed by atoms with E-state index in [0.29, 0.717) is 6.54 Å². The first kappa shape index (κ1) is 14.7. The van der Waals surface area contributed by atoms with Gasteiger partial charge in [-0.1, -0.05) is 35.5 Å². The second-order valence-corrected chi connectivity index (χ2v) is 5.58. The van der Waals surface area contributed by atoms with Crippen LogP contribution in [0.1, 0.15) is 34.6 Å². The maximum Gasteiger partial charge on any atom is 0.270 e. The van der Waals surface area contributed by atoms with Crippen molar-refractivity contribution in [2.45, 2.75) is 18.6 Å². The van der Waals surface area contributed by atoms with Crippen LogP contribution >= 0.6 is 0 Å². The molecular weight excluding hydrogens is 282 g/mol. The van der Waals surface area contributed by atoms with E-state index in [0.717, 1.165) is 25.1 Å². The number of hydrogen-bond acceptors (Lipinski definition) is 5. The number of aromatic nitrogens is 3. The summed E-state index contributed by atoms with van der Waals surface area (Å²) in [5.41, 5.74) is 6.29. The van der Waals surface area contributed by atoms with Gasteiger partial charge in [0.1, 0.15) is 0 Å². The van der Waals surface area contributed by atoms with Crippen LogP contribution in [0.2, 0.25) is 0 Å². The van der Waals surface area contributed by atoms with Gasteiger partial charge in [-0.05, 0) is 12.0 Å². The van der Waals surface area contributed by atoms with E-state index >= 15 is 0 Å². The number of likely N-dealkylation sites (tertiary alicyclic amines) is 1. The number of β-amino-alcohol motifs (C(OH)–C–C–N with tert-alkyl or cyclic N) is 1. The number of benzene rings is 1. The van der Waals surface area contributed by atoms with Gasteiger partial charge in [0.25, 0.3) is 5.91 Å². The van der Waals surface area contributed by atoms with Gasteiger partial charge in [0.2, 0.25) is 0 Å². The lowest BCUT2D eigenvalue weighted by Gasteiger charge is -2.20. The minimum absolute atomic E-state index is 0.156. The predicted octanol–water partition coefficient (Wildman–Crippen LogP) is 0.357. The van der Waals surface area contributed by atoms with Crippen LogP contribution in [0.15, 0.2) is 36.5 Å². The Morgan fingerprint density at radius 1 is 1.41 bits per heavy atom. The standard InChI is InChI=1S/C15H19N5O2/c16-15(22)13-9-20(18-17-13)12-6-7-19(8-12)10-14(21)11-4-2-1-3-5-11/h1-5,9,12,14,21H,6-8,10H2,(H2,16,22)/t12?,14-/m0/s1. The molecule has 22 heavy (non-hydrogen) atoms. The lowest BCUT2D eigenvalue weighted by atomic mass is 10.1. The summed E-state index contributed by atoms with van der Waals surface area (Å²) in [6.45, 7) is 2.23. The fourth-order valence-electron chi connectivity index (χ4n) is 2.79. The maximum absolute atomic E-state index is 11.1. The van der Waals surface area contributed by atoms with Gasteiger partial charge < -0.3 is 10.8 Å². The van der Waals surface area contributed by atoms with Crippen LogP contribution in [0.4, 0.5) is 0 Å². The molecule has 1 amide bonds. The summed E-state index contributed by atoms with van der Waals surface area (Å²) in [5, 5.41) is 18.0. The Kier molecular flexibility index (Phi) is 4.17. The molecule has 1 aromatic carbocycles. The normalized spacial score (nSPS) is 20.1. The molecule has 7 nitrogen and oxygen atoms in total. The number of carbonyl (C=O) groups is 1. The Balaban J connectivity index is 1.59. The molecule has 1 saturated heterocycles. The fourth-order valence-corrected chi connectivity index (χ4v) is 2.79. The molecule has 0 spiro atoms. The zero-order valence-corrected chi connectivity index (χ0v) is 12.2. The quantitative estimate of drug-likeness (QED) is 0.831. The van der Waals surface area contributed by atoms with Crippen molar-refractivity contribution in [2.75, 3.05) is 19.6 Å². The first-order valence-electron chi connectivity index (χ1n) is 7.30. The highest BCUT2D eigenvalue weighted by Gasteiger charge is 2.27. The minimum atomic E-state index is -0.569. The molecule has 2 aromatic rings. The first-order chi connectivity index (χ1) is 10.6. The molecule has 116 valence electrons. The van der Waals surface area contributed by atoms with Crippen molar-refractivity contribution in [2.24, 2.45) is 5.73 Å². The SMILES string of the molecule is NC(=O)c1cn(C2CCN(C[C@H](O)c3ccccc3)C2)nn1. The Morgan fingerprint density at radius 2 is 2.18 bits per heavy atom. The van der Waals surface area contributed by atoms with Gasteiger partial charge in [-0.15, -0.1) is 5.10 Å². The van der Waals surface area contributed by atoms with Crippen molar-refractivity contribution in [1.29, 1.82) is 0 Å². The monoisotopic (exact) mass is 301 g/mol. The number of aliphatic hydroxyl groups is 1. The fraction of sp³-hybridized carbons (Fsp3) is 0.400. The zero-order valence-electron chi connectivity index (χ0n) is 12.2. The third-order valence-corrected chi connectivity index (χ3v) is 4.00. The summed E-state index contributed by atoms with van der Waals surface area (Å²) in [4.78, 5) is 13.2. The van der Waals surface area contributed by atoms with E-state index in [4.69, 9.17) is 5.73 Å². The van der Waals surface area contributed by atoms with Gasteiger partial charge in [-0.25, -0.2) is 4.68 Å². The number of nitrogens with zero attached hydrogens (tertiary/aromatic N) is 4. The molecule has 3 N–H and O–H groups in total. The molecule has 1 aliphatic rings. The molecule has 1 unspecified atom stereocenters. The topological polar surface area (TPSA) is 97.3 Å². The second kappa shape index (κ2) is 6.25. The molecule has 1 aromatic heterocycles. The summed E-state index contributed by atoms with van der Waals surface area (Å²) < 4.78 is 1.69. The average molecular weight is 301 g/mol. The van der Waals surface area contributed by atoms with Crippen LogP contribution in [-0.2, 0) is 0 Å². The van der Waals surface area contributed by atoms with Crippen LogP contribution in [0.3, 0.4) is 0 Å². The number of primary amides is 1. The Bertz CT molecular complexity index is 642. The summed E-state index contributed by atoms with van der Waals surface area (Å²) in [6, 6.07) is 9.79. The van der Waals surface area contributed by atoms with Crippen molar-refractivity contribution in [3.05, 3.63) is 47.8 Å². The van der Waals surface area contributed by atoms with E-state index in [1.165, 1.54) is 0 Å². The Morgan fingerprint density at radius 3 is 2.86 bits per heavy atom. The van der Waals surface area contributed by atoms with E-state index in [1.807, 2.05) is 30.3 Å². The molecule has 7 heteroatoms. The molecule has 0 radical (unpaired) electrons. The summed E-state index contributed by atoms with van der Waals surface area (Å²) in [7, 11) is 0. The molecule has 1 aliphatic heterocycles. The van der Waals surface area contributed by atoms with E-state index in [-0.39, 0.29) is 11.7 Å². The number of rotatable bonds is 5. The van der Waals surface area contributed by atoms with E-state index in [9.17, 15) is 9.90 Å². The highest BCUT2D eigenvalue weighted by molar-refractivity contribution is 5.90. The predicted molar refractivity (Wildman–Crippen MR) is 80.0 cm³/mol. The summed E-state index contributed by atoms with van der Waals surface area (Å²) in [5.74, 6) is -0.569. The largest absolute Gasteiger partial charge is 0.387 e. The lowest BCUT2D eigenvalue weighted by molar-refractivity contribution is 0.0995. The number of carbonyl (C=O) groups excluding carboxylic acids is 1. The number of hydrogen-bond donors (Lipinski definition) is 2. The third kappa shape index (κ3) is 3.15. The number of nitrogens with two attached hydrogens (primary N) is 1. The summed E-state index contributed by atoms with van der Waals surface area (Å²) >= 11 is 0. The smallest absolute Gasteiger partial charge is 0.270 e. The number of amides is 1. The van der Waals surface area contributed by atoms with Crippen molar-refractivity contribution in [3.8, 4) is 0 Å². The van der Waals surface area contributed by atoms with Crippen molar-refractivity contribution < 1.29 is 9.90 Å². The van der Waals surface area contributed by atoms with Crippen molar-refractivity contribution in [1.82, 2.24) is 19.9 Å². The van der Waals surface area contributed by atoms with Gasteiger partial charge in [0.05, 0.1) is 18.3 Å². The van der Waals surface area contributed by atoms with Gasteiger partial charge >= 0.3 is 0 Å². The Hall–Kier alpha value is -2.25. The van der Waals surface area contributed by atoms with Gasteiger partial charge in [0.15, 0.2) is 5.69 Å². The summed E-state index contributed by atoms with van der Waals surface area (Å²) in [6.07, 6.45) is 1.99. The Labute approximate surface area is 128 Å². The zero-order chi connectivity index (χ0) is 15.5. The maximum atomic E-state index is 11.1. The van der Waals surface area contributed by atoms with Crippen molar-refractivity contribution >= 4 is 5.91 Å². The highest BCUT2D eigenvalue weighted by Crippen LogP contribution is 2.23. The second-order valence-electron chi connectivity index (χ2n) is 5.58. The first-order valence-corrected chi connectivity index (χ1v) is 7.30. The van der Waals surface area contributed by atoms with Crippen molar-refractivity contribution in [3.63, 3.8) is 0 Å². The lowest BCUT2D eigenvalue weighted by Crippen LogP contribution is -2.27. The van der Waals surface area contributed by atoms with E-state index in [2.05, 4.69) is 15.2 Å². The molecule has 0 bridgehead atoms. The molecule has 0 aliphatic carbocycles. The van der Waals surface area contributed by atoms with Gasteiger partial charge in [-0.2, -0.15) is 0 Å². The molecule has 2 atom stereocenters. The van der Waals surface area contributed by atoms with Crippen LogP contribution in [0.5, 0.6) is 0 Å².